The van der Waals surface area contributed by atoms with Crippen molar-refractivity contribution in [2.24, 2.45) is 0 Å². The Morgan fingerprint density at radius 3 is 2.85 bits per heavy atom. The van der Waals surface area contributed by atoms with Gasteiger partial charge in [-0.3, -0.25) is 0 Å². The predicted molar refractivity (Wildman–Crippen MR) is 57.2 cm³/mol. The maximum absolute atomic E-state index is 5.58. The highest BCUT2D eigenvalue weighted by Gasteiger charge is 2.23. The van der Waals surface area contributed by atoms with Crippen LogP contribution in [0.2, 0.25) is 0 Å². The Bertz CT molecular complexity index is 312. The lowest BCUT2D eigenvalue weighted by atomic mass is 10.4. The van der Waals surface area contributed by atoms with Crippen molar-refractivity contribution in [2.45, 2.75) is 18.9 Å². The summed E-state index contributed by atoms with van der Waals surface area (Å²) in [6.45, 7) is 0. The van der Waals surface area contributed by atoms with Crippen molar-refractivity contribution in [2.75, 3.05) is 7.11 Å². The average molecular weight is 291 g/mol. The van der Waals surface area contributed by atoms with E-state index in [1.54, 1.807) is 13.3 Å². The largest absolute Gasteiger partial charge is 0.489 e. The van der Waals surface area contributed by atoms with E-state index in [4.69, 9.17) is 9.47 Å². The first-order valence-electron chi connectivity index (χ1n) is 4.16. The number of hydrogen-bond donors (Lipinski definition) is 0. The second-order valence-electron chi connectivity index (χ2n) is 2.98. The van der Waals surface area contributed by atoms with E-state index in [1.807, 2.05) is 6.07 Å². The predicted octanol–water partition coefficient (Wildman–Crippen LogP) is 2.24. The van der Waals surface area contributed by atoms with Crippen LogP contribution in [0.4, 0.5) is 0 Å². The van der Waals surface area contributed by atoms with Crippen LogP contribution in [0.25, 0.3) is 0 Å². The molecule has 1 heterocycles. The van der Waals surface area contributed by atoms with Gasteiger partial charge in [0.1, 0.15) is 5.75 Å². The van der Waals surface area contributed by atoms with Crippen LogP contribution in [0.1, 0.15) is 12.8 Å². The van der Waals surface area contributed by atoms with Gasteiger partial charge in [-0.25, -0.2) is 4.98 Å². The van der Waals surface area contributed by atoms with E-state index >= 15 is 0 Å². The molecule has 0 unspecified atom stereocenters. The lowest BCUT2D eigenvalue weighted by molar-refractivity contribution is 0.300. The fourth-order valence-electron chi connectivity index (χ4n) is 1.00. The number of methoxy groups -OCH3 is 1. The third kappa shape index (κ3) is 2.24. The molecule has 0 atom stereocenters. The average Bonchev–Trinajstić information content (AvgIpc) is 2.89. The molecule has 0 aromatic carbocycles. The summed E-state index contributed by atoms with van der Waals surface area (Å²) in [5.74, 6) is 1.50. The summed E-state index contributed by atoms with van der Waals surface area (Å²) in [4.78, 5) is 4.12. The van der Waals surface area contributed by atoms with Gasteiger partial charge in [0, 0.05) is 6.07 Å². The highest BCUT2D eigenvalue weighted by molar-refractivity contribution is 14.1. The first-order chi connectivity index (χ1) is 6.29. The molecule has 0 spiro atoms. The smallest absolute Gasteiger partial charge is 0.227 e. The second kappa shape index (κ2) is 3.69. The molecule has 1 saturated carbocycles. The second-order valence-corrected chi connectivity index (χ2v) is 4.14. The van der Waals surface area contributed by atoms with Crippen LogP contribution in [0.5, 0.6) is 11.6 Å². The molecule has 1 aliphatic rings. The molecule has 2 rings (SSSR count). The lowest BCUT2D eigenvalue weighted by Crippen LogP contribution is -1.98. The number of nitrogens with zero attached hydrogens (tertiary/aromatic N) is 1. The molecule has 1 aromatic rings. The summed E-state index contributed by atoms with van der Waals surface area (Å²) < 4.78 is 11.6. The van der Waals surface area contributed by atoms with Crippen molar-refractivity contribution in [3.8, 4) is 11.6 Å². The van der Waals surface area contributed by atoms with E-state index in [1.165, 1.54) is 12.8 Å². The highest BCUT2D eigenvalue weighted by Crippen LogP contribution is 2.29. The van der Waals surface area contributed by atoms with Crippen LogP contribution in [-0.4, -0.2) is 18.2 Å². The topological polar surface area (TPSA) is 31.4 Å². The summed E-state index contributed by atoms with van der Waals surface area (Å²) in [5.41, 5.74) is 0. The van der Waals surface area contributed by atoms with Crippen molar-refractivity contribution < 1.29 is 9.47 Å². The van der Waals surface area contributed by atoms with Crippen LogP contribution in [-0.2, 0) is 0 Å². The van der Waals surface area contributed by atoms with Gasteiger partial charge in [0.2, 0.25) is 5.88 Å². The van der Waals surface area contributed by atoms with Crippen LogP contribution < -0.4 is 9.47 Å². The molecule has 0 saturated heterocycles. The number of halogens is 1. The fraction of sp³-hybridized carbons (Fsp3) is 0.444. The minimum Gasteiger partial charge on any atom is -0.489 e. The quantitative estimate of drug-likeness (QED) is 0.800. The third-order valence-electron chi connectivity index (χ3n) is 1.80. The standard InChI is InChI=1S/C9H10INO2/c1-12-9-8(10)4-7(5-11-9)13-6-2-3-6/h4-6H,2-3H2,1H3. The van der Waals surface area contributed by atoms with Gasteiger partial charge in [-0.15, -0.1) is 0 Å². The normalized spacial score (nSPS) is 15.5. The molecule has 0 N–H and O–H groups in total. The van der Waals surface area contributed by atoms with Gasteiger partial charge in [-0.1, -0.05) is 0 Å². The van der Waals surface area contributed by atoms with Crippen LogP contribution in [0, 0.1) is 3.57 Å². The van der Waals surface area contributed by atoms with Gasteiger partial charge in [0.25, 0.3) is 0 Å². The van der Waals surface area contributed by atoms with Crippen molar-refractivity contribution in [3.63, 3.8) is 0 Å². The Hall–Kier alpha value is -0.520. The summed E-state index contributed by atoms with van der Waals surface area (Å²) in [5, 5.41) is 0. The Balaban J connectivity index is 2.13. The Labute approximate surface area is 90.6 Å². The minimum atomic E-state index is 0.422. The summed E-state index contributed by atoms with van der Waals surface area (Å²) in [6, 6.07) is 1.95. The zero-order valence-corrected chi connectivity index (χ0v) is 9.45. The molecule has 0 amide bonds. The van der Waals surface area contributed by atoms with Gasteiger partial charge in [0.15, 0.2) is 0 Å². The zero-order valence-electron chi connectivity index (χ0n) is 7.29. The van der Waals surface area contributed by atoms with E-state index in [-0.39, 0.29) is 0 Å². The van der Waals surface area contributed by atoms with Gasteiger partial charge in [-0.2, -0.15) is 0 Å². The molecular weight excluding hydrogens is 281 g/mol. The van der Waals surface area contributed by atoms with E-state index < -0.39 is 0 Å². The molecule has 0 aliphatic heterocycles. The molecule has 0 radical (unpaired) electrons. The van der Waals surface area contributed by atoms with Gasteiger partial charge in [-0.05, 0) is 35.4 Å². The van der Waals surface area contributed by atoms with Crippen molar-refractivity contribution in [1.29, 1.82) is 0 Å². The summed E-state index contributed by atoms with van der Waals surface area (Å²) >= 11 is 2.19. The first-order valence-corrected chi connectivity index (χ1v) is 5.23. The lowest BCUT2D eigenvalue weighted by Gasteiger charge is -2.06. The molecule has 1 aromatic heterocycles. The molecule has 1 aliphatic carbocycles. The van der Waals surface area contributed by atoms with Gasteiger partial charge >= 0.3 is 0 Å². The van der Waals surface area contributed by atoms with Crippen molar-refractivity contribution >= 4 is 22.6 Å². The molecule has 70 valence electrons. The van der Waals surface area contributed by atoms with E-state index in [2.05, 4.69) is 27.6 Å². The molecule has 4 heteroatoms. The molecule has 3 nitrogen and oxygen atoms in total. The number of ether oxygens (including phenoxy) is 2. The Morgan fingerprint density at radius 1 is 1.54 bits per heavy atom. The van der Waals surface area contributed by atoms with Gasteiger partial charge < -0.3 is 9.47 Å². The number of pyridine rings is 1. The Kier molecular flexibility index (Phi) is 2.57. The van der Waals surface area contributed by atoms with Crippen molar-refractivity contribution in [3.05, 3.63) is 15.8 Å². The van der Waals surface area contributed by atoms with E-state index in [0.717, 1.165) is 9.32 Å². The summed E-state index contributed by atoms with van der Waals surface area (Å²) in [7, 11) is 1.62. The van der Waals surface area contributed by atoms with Crippen LogP contribution >= 0.6 is 22.6 Å². The van der Waals surface area contributed by atoms with E-state index in [9.17, 15) is 0 Å². The number of hydrogen-bond acceptors (Lipinski definition) is 3. The molecule has 0 bridgehead atoms. The number of rotatable bonds is 3. The highest BCUT2D eigenvalue weighted by atomic mass is 127. The van der Waals surface area contributed by atoms with E-state index in [0.29, 0.717) is 12.0 Å². The van der Waals surface area contributed by atoms with Crippen LogP contribution in [0.3, 0.4) is 0 Å². The SMILES string of the molecule is COc1ncc(OC2CC2)cc1I. The molecule has 13 heavy (non-hydrogen) atoms. The first kappa shape index (κ1) is 9.05. The maximum Gasteiger partial charge on any atom is 0.227 e. The van der Waals surface area contributed by atoms with Gasteiger partial charge in [0.05, 0.1) is 23.0 Å². The Morgan fingerprint density at radius 2 is 2.31 bits per heavy atom. The third-order valence-corrected chi connectivity index (χ3v) is 2.58. The van der Waals surface area contributed by atoms with Crippen LogP contribution in [0.15, 0.2) is 12.3 Å². The van der Waals surface area contributed by atoms with Crippen molar-refractivity contribution in [1.82, 2.24) is 4.98 Å². The fourth-order valence-corrected chi connectivity index (χ4v) is 1.67. The minimum absolute atomic E-state index is 0.422. The molecule has 1 fully saturated rings. The monoisotopic (exact) mass is 291 g/mol. The number of aromatic nitrogens is 1. The molecular formula is C9H10INO2. The maximum atomic E-state index is 5.58. The summed E-state index contributed by atoms with van der Waals surface area (Å²) in [6.07, 6.45) is 4.47. The zero-order chi connectivity index (χ0) is 9.26.